The molecule has 0 radical (unpaired) electrons. The van der Waals surface area contributed by atoms with Gasteiger partial charge in [-0.25, -0.2) is 9.18 Å². The second-order valence-electron chi connectivity index (χ2n) is 1.93. The molecule has 6 heteroatoms. The van der Waals surface area contributed by atoms with Crippen molar-refractivity contribution in [3.63, 3.8) is 0 Å². The molecule has 0 heterocycles. The number of aliphatic carboxylic acids is 1. The molecule has 0 fully saturated rings. The molecule has 0 rings (SSSR count). The lowest BCUT2D eigenvalue weighted by atomic mass is 10.1. The maximum Gasteiger partial charge on any atom is 0.349 e. The van der Waals surface area contributed by atoms with Gasteiger partial charge in [-0.2, -0.15) is 8.78 Å². The number of carbonyl (C=O) groups is 1. The van der Waals surface area contributed by atoms with E-state index in [0.717, 1.165) is 0 Å². The Morgan fingerprint density at radius 3 is 1.80 bits per heavy atom. The molecule has 0 aliphatic rings. The van der Waals surface area contributed by atoms with Crippen LogP contribution in [0.1, 0.15) is 6.92 Å². The Morgan fingerprint density at radius 2 is 1.80 bits per heavy atom. The Labute approximate surface area is 54.6 Å². The fourth-order valence-electron chi connectivity index (χ4n) is 0.143. The normalized spacial score (nSPS) is 18.1. The highest BCUT2D eigenvalue weighted by Crippen LogP contribution is 2.26. The minimum atomic E-state index is -4.35. The first-order chi connectivity index (χ1) is 4.19. The molecule has 0 amide bonds. The van der Waals surface area contributed by atoms with Crippen LogP contribution in [0.2, 0.25) is 0 Å². The van der Waals surface area contributed by atoms with Crippen molar-refractivity contribution in [3.8, 4) is 0 Å². The molecule has 10 heavy (non-hydrogen) atoms. The Balaban J connectivity index is 4.57. The highest BCUT2D eigenvalue weighted by molar-refractivity contribution is 5.78. The molecule has 60 valence electrons. The van der Waals surface area contributed by atoms with Gasteiger partial charge in [-0.05, 0) is 6.92 Å². The second-order valence-corrected chi connectivity index (χ2v) is 1.93. The Bertz CT molecular complexity index is 151. The molecule has 0 aliphatic heterocycles. The largest absolute Gasteiger partial charge is 0.479 e. The van der Waals surface area contributed by atoms with Crippen molar-refractivity contribution in [1.82, 2.24) is 0 Å². The number of halogens is 3. The van der Waals surface area contributed by atoms with Crippen LogP contribution in [0.5, 0.6) is 0 Å². The maximum atomic E-state index is 12.2. The third-order valence-electron chi connectivity index (χ3n) is 1.03. The summed E-state index contributed by atoms with van der Waals surface area (Å²) in [5, 5.41) is 7.84. The first-order valence-electron chi connectivity index (χ1n) is 2.28. The van der Waals surface area contributed by atoms with E-state index in [1.54, 1.807) is 0 Å². The van der Waals surface area contributed by atoms with Crippen LogP contribution in [0.3, 0.4) is 0 Å². The maximum absolute atomic E-state index is 12.2. The molecule has 0 aliphatic carbocycles. The monoisotopic (exact) mass is 157 g/mol. The van der Waals surface area contributed by atoms with Crippen LogP contribution in [0.25, 0.3) is 0 Å². The summed E-state index contributed by atoms with van der Waals surface area (Å²) >= 11 is 0. The van der Waals surface area contributed by atoms with E-state index in [2.05, 4.69) is 5.73 Å². The number of hydrogen-bond donors (Lipinski definition) is 2. The summed E-state index contributed by atoms with van der Waals surface area (Å²) in [4.78, 5) is 9.73. The molecule has 0 aromatic heterocycles. The summed E-state index contributed by atoms with van der Waals surface area (Å²) in [6, 6.07) is -4.35. The summed E-state index contributed by atoms with van der Waals surface area (Å²) in [6.07, 6.45) is 0. The number of carboxylic acids is 1. The lowest BCUT2D eigenvalue weighted by Gasteiger charge is -2.21. The van der Waals surface area contributed by atoms with Gasteiger partial charge in [0.1, 0.15) is 0 Å². The van der Waals surface area contributed by atoms with E-state index in [1.165, 1.54) is 0 Å². The lowest BCUT2D eigenvalue weighted by Crippen LogP contribution is -2.54. The van der Waals surface area contributed by atoms with Crippen molar-refractivity contribution in [1.29, 1.82) is 0 Å². The zero-order valence-corrected chi connectivity index (χ0v) is 5.07. The molecule has 3 N–H and O–H groups in total. The molecular formula is C4H6F3NO2. The summed E-state index contributed by atoms with van der Waals surface area (Å²) in [7, 11) is 0. The predicted octanol–water partition coefficient (Wildman–Crippen LogP) is 0.351. The first-order valence-corrected chi connectivity index (χ1v) is 2.28. The summed E-state index contributed by atoms with van der Waals surface area (Å²) in [5.41, 5.74) is 0.224. The third-order valence-corrected chi connectivity index (χ3v) is 1.03. The van der Waals surface area contributed by atoms with E-state index in [4.69, 9.17) is 5.11 Å². The topological polar surface area (TPSA) is 63.3 Å². The molecule has 3 nitrogen and oxygen atoms in total. The van der Waals surface area contributed by atoms with Gasteiger partial charge in [0, 0.05) is 0 Å². The zero-order valence-electron chi connectivity index (χ0n) is 5.07. The van der Waals surface area contributed by atoms with Gasteiger partial charge < -0.3 is 5.11 Å². The number of rotatable bonds is 2. The smallest absolute Gasteiger partial charge is 0.349 e. The molecular weight excluding hydrogens is 151 g/mol. The standard InChI is InChI=1S/C4H6F3NO2/c1-3(5,2(9)10)4(6,7)8/h8H2,1H3,(H,9,10). The molecule has 0 saturated carbocycles. The Kier molecular flexibility index (Phi) is 1.95. The average Bonchev–Trinajstić information content (AvgIpc) is 1.62. The SMILES string of the molecule is CC(F)(C(=O)O)C(N)(F)F. The summed E-state index contributed by atoms with van der Waals surface area (Å²) in [6.45, 7) is 0.204. The Hall–Kier alpha value is -0.780. The molecule has 0 saturated heterocycles. The molecule has 0 bridgehead atoms. The average molecular weight is 157 g/mol. The van der Waals surface area contributed by atoms with E-state index < -0.39 is 17.7 Å². The van der Waals surface area contributed by atoms with Gasteiger partial charge >= 0.3 is 12.0 Å². The number of carboxylic acid groups (broad SMARTS) is 1. The van der Waals surface area contributed by atoms with Crippen LogP contribution >= 0.6 is 0 Å². The van der Waals surface area contributed by atoms with Crippen molar-refractivity contribution < 1.29 is 23.1 Å². The number of alkyl halides is 3. The summed E-state index contributed by atoms with van der Waals surface area (Å²) < 4.78 is 35.8. The van der Waals surface area contributed by atoms with Gasteiger partial charge in [-0.1, -0.05) is 0 Å². The van der Waals surface area contributed by atoms with Crippen LogP contribution in [-0.4, -0.2) is 22.8 Å². The third kappa shape index (κ3) is 1.38. The first kappa shape index (κ1) is 9.22. The zero-order chi connectivity index (χ0) is 8.58. The quantitative estimate of drug-likeness (QED) is 0.568. The molecule has 1 atom stereocenters. The van der Waals surface area contributed by atoms with E-state index in [-0.39, 0.29) is 6.92 Å². The minimum Gasteiger partial charge on any atom is -0.479 e. The van der Waals surface area contributed by atoms with Crippen LogP contribution in [0.15, 0.2) is 0 Å². The van der Waals surface area contributed by atoms with Gasteiger partial charge in [0.15, 0.2) is 0 Å². The molecule has 1 unspecified atom stereocenters. The van der Waals surface area contributed by atoms with Crippen LogP contribution in [0.4, 0.5) is 13.2 Å². The van der Waals surface area contributed by atoms with Crippen LogP contribution < -0.4 is 5.73 Å². The number of hydrogen-bond acceptors (Lipinski definition) is 2. The van der Waals surface area contributed by atoms with Gasteiger partial charge in [0.25, 0.3) is 5.67 Å². The van der Waals surface area contributed by atoms with Crippen molar-refractivity contribution in [2.45, 2.75) is 18.6 Å². The van der Waals surface area contributed by atoms with Crippen molar-refractivity contribution in [2.75, 3.05) is 0 Å². The van der Waals surface area contributed by atoms with Gasteiger partial charge in [-0.15, -0.1) is 0 Å². The molecule has 0 aromatic rings. The Morgan fingerprint density at radius 1 is 1.50 bits per heavy atom. The fraction of sp³-hybridized carbons (Fsp3) is 0.750. The second kappa shape index (κ2) is 2.12. The number of nitrogens with two attached hydrogens (primary N) is 1. The molecule has 0 spiro atoms. The van der Waals surface area contributed by atoms with Gasteiger partial charge in [0.2, 0.25) is 0 Å². The minimum absolute atomic E-state index is 0.204. The fourth-order valence-corrected chi connectivity index (χ4v) is 0.143. The molecule has 0 aromatic carbocycles. The predicted molar refractivity (Wildman–Crippen MR) is 26.3 cm³/mol. The van der Waals surface area contributed by atoms with Crippen molar-refractivity contribution >= 4 is 5.97 Å². The van der Waals surface area contributed by atoms with E-state index in [0.29, 0.717) is 0 Å². The van der Waals surface area contributed by atoms with E-state index in [1.807, 2.05) is 0 Å². The lowest BCUT2D eigenvalue weighted by molar-refractivity contribution is -0.179. The van der Waals surface area contributed by atoms with Crippen molar-refractivity contribution in [2.24, 2.45) is 5.73 Å². The van der Waals surface area contributed by atoms with Gasteiger partial charge in [0.05, 0.1) is 0 Å². The van der Waals surface area contributed by atoms with Crippen LogP contribution in [-0.2, 0) is 4.79 Å². The highest BCUT2D eigenvalue weighted by atomic mass is 19.3. The van der Waals surface area contributed by atoms with Crippen molar-refractivity contribution in [3.05, 3.63) is 0 Å². The van der Waals surface area contributed by atoms with E-state index >= 15 is 0 Å². The highest BCUT2D eigenvalue weighted by Gasteiger charge is 2.54. The van der Waals surface area contributed by atoms with Gasteiger partial charge in [-0.3, -0.25) is 5.73 Å². The summed E-state index contributed by atoms with van der Waals surface area (Å²) in [5.74, 6) is -2.28. The van der Waals surface area contributed by atoms with E-state index in [9.17, 15) is 18.0 Å². The van der Waals surface area contributed by atoms with Crippen LogP contribution in [0, 0.1) is 0 Å².